The van der Waals surface area contributed by atoms with E-state index in [9.17, 15) is 14.4 Å². The Morgan fingerprint density at radius 1 is 0.288 bits per heavy atom. The number of unbranched alkanes of at least 4 members (excludes halogenated alkanes) is 37. The van der Waals surface area contributed by atoms with Crippen molar-refractivity contribution in [3.8, 4) is 0 Å². The summed E-state index contributed by atoms with van der Waals surface area (Å²) in [5.41, 5.74) is 0. The number of rotatable bonds is 58. The van der Waals surface area contributed by atoms with Crippen molar-refractivity contribution < 1.29 is 28.6 Å². The molecule has 0 aromatic rings. The molecule has 1 atom stereocenters. The molecular formula is C67H120O6. The fourth-order valence-corrected chi connectivity index (χ4v) is 9.26. The van der Waals surface area contributed by atoms with Gasteiger partial charge in [0, 0.05) is 19.3 Å². The fourth-order valence-electron chi connectivity index (χ4n) is 9.26. The molecule has 0 saturated carbocycles. The van der Waals surface area contributed by atoms with Crippen LogP contribution in [0, 0.1) is 0 Å². The van der Waals surface area contributed by atoms with Gasteiger partial charge in [-0.15, -0.1) is 0 Å². The van der Waals surface area contributed by atoms with Gasteiger partial charge in [-0.1, -0.05) is 293 Å². The standard InChI is InChI=1S/C67H120O6/c1-4-7-10-13-16-19-22-24-26-28-30-31-32-33-34-35-36-37-38-40-41-43-45-48-51-54-57-60-66(69)72-63-64(62-71-65(68)59-56-53-50-47-21-18-15-12-9-6-3)73-67(70)61-58-55-52-49-46-44-42-39-29-27-25-23-20-17-14-11-8-5-2/h7,10,12,15-16,19,24,26,30-31,64H,4-6,8-9,11,13-14,17-18,20-23,25,27-29,32-63H2,1-3H3/b10-7-,15-12-,19-16-,26-24-,31-30-. The van der Waals surface area contributed by atoms with Crippen LogP contribution in [0.5, 0.6) is 0 Å². The Morgan fingerprint density at radius 3 is 0.904 bits per heavy atom. The highest BCUT2D eigenvalue weighted by Crippen LogP contribution is 2.17. The number of carbonyl (C=O) groups is 3. The van der Waals surface area contributed by atoms with Crippen LogP contribution in [0.15, 0.2) is 60.8 Å². The summed E-state index contributed by atoms with van der Waals surface area (Å²) in [5, 5.41) is 0. The normalized spacial score (nSPS) is 12.4. The maximum absolute atomic E-state index is 12.9. The van der Waals surface area contributed by atoms with E-state index in [1.807, 2.05) is 0 Å². The highest BCUT2D eigenvalue weighted by molar-refractivity contribution is 5.71. The molecule has 0 radical (unpaired) electrons. The van der Waals surface area contributed by atoms with Crippen LogP contribution in [0.2, 0.25) is 0 Å². The number of hydrogen-bond donors (Lipinski definition) is 0. The first-order valence-electron chi connectivity index (χ1n) is 31.8. The lowest BCUT2D eigenvalue weighted by Crippen LogP contribution is -2.30. The van der Waals surface area contributed by atoms with Gasteiger partial charge in [0.25, 0.3) is 0 Å². The van der Waals surface area contributed by atoms with Gasteiger partial charge in [0.15, 0.2) is 6.10 Å². The Kier molecular flexibility index (Phi) is 59.2. The molecule has 6 nitrogen and oxygen atoms in total. The van der Waals surface area contributed by atoms with Crippen molar-refractivity contribution in [3.05, 3.63) is 60.8 Å². The second-order valence-corrected chi connectivity index (χ2v) is 21.3. The van der Waals surface area contributed by atoms with Crippen LogP contribution in [-0.2, 0) is 28.6 Å². The van der Waals surface area contributed by atoms with Crippen molar-refractivity contribution in [3.63, 3.8) is 0 Å². The molecular weight excluding hydrogens is 901 g/mol. The smallest absolute Gasteiger partial charge is 0.306 e. The van der Waals surface area contributed by atoms with E-state index in [-0.39, 0.29) is 31.1 Å². The summed E-state index contributed by atoms with van der Waals surface area (Å²) in [6.45, 7) is 6.50. The van der Waals surface area contributed by atoms with E-state index in [1.165, 1.54) is 193 Å². The highest BCUT2D eigenvalue weighted by Gasteiger charge is 2.19. The first-order chi connectivity index (χ1) is 36.0. The lowest BCUT2D eigenvalue weighted by Gasteiger charge is -2.18. The van der Waals surface area contributed by atoms with Crippen LogP contribution in [0.4, 0.5) is 0 Å². The first-order valence-corrected chi connectivity index (χ1v) is 31.8. The average Bonchev–Trinajstić information content (AvgIpc) is 3.39. The number of allylic oxidation sites excluding steroid dienone is 10. The van der Waals surface area contributed by atoms with Crippen LogP contribution < -0.4 is 0 Å². The summed E-state index contributed by atoms with van der Waals surface area (Å²) < 4.78 is 16.9. The topological polar surface area (TPSA) is 78.9 Å². The minimum Gasteiger partial charge on any atom is -0.462 e. The van der Waals surface area contributed by atoms with Crippen LogP contribution in [0.3, 0.4) is 0 Å². The molecule has 0 aliphatic carbocycles. The van der Waals surface area contributed by atoms with Gasteiger partial charge in [-0.05, 0) is 77.0 Å². The van der Waals surface area contributed by atoms with Gasteiger partial charge in [-0.2, -0.15) is 0 Å². The van der Waals surface area contributed by atoms with E-state index in [0.29, 0.717) is 19.3 Å². The lowest BCUT2D eigenvalue weighted by atomic mass is 10.0. The van der Waals surface area contributed by atoms with Gasteiger partial charge < -0.3 is 14.2 Å². The molecule has 0 aliphatic rings. The van der Waals surface area contributed by atoms with E-state index in [2.05, 4.69) is 81.5 Å². The van der Waals surface area contributed by atoms with E-state index in [0.717, 1.165) is 96.3 Å². The molecule has 1 unspecified atom stereocenters. The van der Waals surface area contributed by atoms with Crippen LogP contribution >= 0.6 is 0 Å². The minimum atomic E-state index is -0.774. The molecule has 0 heterocycles. The van der Waals surface area contributed by atoms with Gasteiger partial charge in [0.2, 0.25) is 0 Å². The Hall–Kier alpha value is -2.89. The molecule has 0 fully saturated rings. The van der Waals surface area contributed by atoms with Gasteiger partial charge >= 0.3 is 17.9 Å². The van der Waals surface area contributed by atoms with E-state index in [1.54, 1.807) is 0 Å². The zero-order valence-corrected chi connectivity index (χ0v) is 48.7. The molecule has 0 spiro atoms. The quantitative estimate of drug-likeness (QED) is 0.0261. The van der Waals surface area contributed by atoms with E-state index < -0.39 is 6.10 Å². The summed E-state index contributed by atoms with van der Waals surface area (Å²) in [7, 11) is 0. The Balaban J connectivity index is 4.18. The SMILES string of the molecule is CC/C=C\C/C=C\C/C=C\C/C=C\CCCCCCCCCCCCCCCCC(=O)OCC(COC(=O)CCCCCCC/C=C\CCC)OC(=O)CCCCCCCCCCCCCCCCCCCC. The average molecular weight is 1020 g/mol. The molecule has 424 valence electrons. The molecule has 0 aromatic carbocycles. The fraction of sp³-hybridized carbons (Fsp3) is 0.806. The Labute approximate surface area is 453 Å². The third-order valence-corrected chi connectivity index (χ3v) is 14.0. The maximum atomic E-state index is 12.9. The van der Waals surface area contributed by atoms with Gasteiger partial charge in [-0.3, -0.25) is 14.4 Å². The molecule has 6 heteroatoms. The molecule has 0 aliphatic heterocycles. The van der Waals surface area contributed by atoms with Crippen molar-refractivity contribution >= 4 is 17.9 Å². The summed E-state index contributed by atoms with van der Waals surface area (Å²) in [4.78, 5) is 38.2. The third kappa shape index (κ3) is 59.9. The molecule has 73 heavy (non-hydrogen) atoms. The second-order valence-electron chi connectivity index (χ2n) is 21.3. The molecule has 0 amide bonds. The summed E-state index contributed by atoms with van der Waals surface area (Å²) in [5.74, 6) is -0.866. The monoisotopic (exact) mass is 1020 g/mol. The zero-order valence-electron chi connectivity index (χ0n) is 48.7. The molecule has 0 aromatic heterocycles. The van der Waals surface area contributed by atoms with Crippen molar-refractivity contribution in [2.45, 2.75) is 335 Å². The van der Waals surface area contributed by atoms with Crippen molar-refractivity contribution in [1.29, 1.82) is 0 Å². The van der Waals surface area contributed by atoms with Crippen LogP contribution in [0.25, 0.3) is 0 Å². The number of esters is 3. The predicted octanol–water partition coefficient (Wildman–Crippen LogP) is 21.6. The number of hydrogen-bond acceptors (Lipinski definition) is 6. The largest absolute Gasteiger partial charge is 0.462 e. The van der Waals surface area contributed by atoms with Crippen molar-refractivity contribution in [2.75, 3.05) is 13.2 Å². The van der Waals surface area contributed by atoms with Crippen molar-refractivity contribution in [2.24, 2.45) is 0 Å². The summed E-state index contributed by atoms with van der Waals surface area (Å²) in [6.07, 6.45) is 78.1. The van der Waals surface area contributed by atoms with E-state index >= 15 is 0 Å². The third-order valence-electron chi connectivity index (χ3n) is 14.0. The first kappa shape index (κ1) is 70.1. The molecule has 0 rings (SSSR count). The maximum Gasteiger partial charge on any atom is 0.306 e. The lowest BCUT2D eigenvalue weighted by molar-refractivity contribution is -0.167. The van der Waals surface area contributed by atoms with E-state index in [4.69, 9.17) is 14.2 Å². The molecule has 0 N–H and O–H groups in total. The summed E-state index contributed by atoms with van der Waals surface area (Å²) in [6, 6.07) is 0. The van der Waals surface area contributed by atoms with Gasteiger partial charge in [-0.25, -0.2) is 0 Å². The number of carbonyl (C=O) groups excluding carboxylic acids is 3. The zero-order chi connectivity index (χ0) is 52.9. The highest BCUT2D eigenvalue weighted by atomic mass is 16.6. The predicted molar refractivity (Wildman–Crippen MR) is 316 cm³/mol. The number of ether oxygens (including phenoxy) is 3. The second kappa shape index (κ2) is 61.7. The molecule has 0 bridgehead atoms. The van der Waals surface area contributed by atoms with Gasteiger partial charge in [0.05, 0.1) is 0 Å². The van der Waals surface area contributed by atoms with Crippen LogP contribution in [0.1, 0.15) is 329 Å². The molecule has 0 saturated heterocycles. The van der Waals surface area contributed by atoms with Crippen molar-refractivity contribution in [1.82, 2.24) is 0 Å². The Bertz CT molecular complexity index is 1310. The van der Waals surface area contributed by atoms with Crippen LogP contribution in [-0.4, -0.2) is 37.2 Å². The van der Waals surface area contributed by atoms with Gasteiger partial charge in [0.1, 0.15) is 13.2 Å². The summed E-state index contributed by atoms with van der Waals surface area (Å²) >= 11 is 0. The Morgan fingerprint density at radius 2 is 0.562 bits per heavy atom. The minimum absolute atomic E-state index is 0.0731.